The van der Waals surface area contributed by atoms with E-state index in [1.54, 1.807) is 0 Å². The van der Waals surface area contributed by atoms with E-state index in [9.17, 15) is 0 Å². The van der Waals surface area contributed by atoms with E-state index >= 15 is 0 Å². The predicted octanol–water partition coefficient (Wildman–Crippen LogP) is 3.55. The first kappa shape index (κ1) is 15.2. The van der Waals surface area contributed by atoms with Gasteiger partial charge < -0.3 is 15.4 Å². The Balaban J connectivity index is 1.63. The van der Waals surface area contributed by atoms with Gasteiger partial charge in [-0.3, -0.25) is 0 Å². The zero-order chi connectivity index (χ0) is 14.2. The number of benzene rings is 1. The van der Waals surface area contributed by atoms with E-state index in [-0.39, 0.29) is 0 Å². The van der Waals surface area contributed by atoms with Gasteiger partial charge in [0.15, 0.2) is 0 Å². The van der Waals surface area contributed by atoms with Gasteiger partial charge in [-0.2, -0.15) is 0 Å². The highest BCUT2D eigenvalue weighted by Gasteiger charge is 2.14. The molecule has 1 aliphatic rings. The van der Waals surface area contributed by atoms with Gasteiger partial charge in [0.1, 0.15) is 5.75 Å². The molecule has 1 fully saturated rings. The first-order chi connectivity index (χ1) is 9.78. The summed E-state index contributed by atoms with van der Waals surface area (Å²) in [5.41, 5.74) is 6.50. The number of nitrogens with two attached hydrogens (primary N) is 1. The lowest BCUT2D eigenvalue weighted by molar-refractivity contribution is 0.237. The van der Waals surface area contributed by atoms with Gasteiger partial charge in [-0.25, -0.2) is 0 Å². The average Bonchev–Trinajstić information content (AvgIpc) is 2.69. The summed E-state index contributed by atoms with van der Waals surface area (Å²) >= 11 is 0. The first-order valence-electron chi connectivity index (χ1n) is 7.98. The van der Waals surface area contributed by atoms with Gasteiger partial charge in [0.25, 0.3) is 0 Å². The molecule has 3 heteroatoms. The molecule has 0 spiro atoms. The lowest BCUT2D eigenvalue weighted by Crippen LogP contribution is -2.27. The number of rotatable bonds is 6. The normalized spacial score (nSPS) is 20.6. The van der Waals surface area contributed by atoms with Gasteiger partial charge >= 0.3 is 0 Å². The van der Waals surface area contributed by atoms with Gasteiger partial charge in [-0.1, -0.05) is 19.4 Å². The number of ether oxygens (including phenoxy) is 1. The molecule has 1 heterocycles. The average molecular weight is 276 g/mol. The summed E-state index contributed by atoms with van der Waals surface area (Å²) in [7, 11) is 0. The van der Waals surface area contributed by atoms with Crippen molar-refractivity contribution in [1.29, 1.82) is 0 Å². The molecule has 20 heavy (non-hydrogen) atoms. The molecule has 0 amide bonds. The van der Waals surface area contributed by atoms with Crippen molar-refractivity contribution in [3.05, 3.63) is 24.3 Å². The standard InChI is InChI=1S/C17H28N2O/c1-2-15-6-4-10-19(12-9-15)11-5-13-20-17-8-3-7-16(18)14-17/h3,7-8,14-15H,2,4-6,9-13,18H2,1H3. The summed E-state index contributed by atoms with van der Waals surface area (Å²) in [4.78, 5) is 2.60. The Labute approximate surface area is 123 Å². The topological polar surface area (TPSA) is 38.5 Å². The summed E-state index contributed by atoms with van der Waals surface area (Å²) in [5.74, 6) is 1.83. The molecule has 0 aliphatic carbocycles. The van der Waals surface area contributed by atoms with Crippen LogP contribution in [0, 0.1) is 5.92 Å². The van der Waals surface area contributed by atoms with E-state index in [4.69, 9.17) is 10.5 Å². The third kappa shape index (κ3) is 5.04. The van der Waals surface area contributed by atoms with Crippen molar-refractivity contribution in [2.45, 2.75) is 39.0 Å². The van der Waals surface area contributed by atoms with Gasteiger partial charge in [-0.15, -0.1) is 0 Å². The van der Waals surface area contributed by atoms with Crippen molar-refractivity contribution in [2.24, 2.45) is 5.92 Å². The molecule has 1 aromatic rings. The van der Waals surface area contributed by atoms with Crippen LogP contribution in [0.25, 0.3) is 0 Å². The Kier molecular flexibility index (Phi) is 6.19. The molecule has 2 N–H and O–H groups in total. The first-order valence-corrected chi connectivity index (χ1v) is 7.98. The minimum absolute atomic E-state index is 0.764. The Morgan fingerprint density at radius 3 is 3.00 bits per heavy atom. The Morgan fingerprint density at radius 1 is 1.30 bits per heavy atom. The van der Waals surface area contributed by atoms with E-state index in [0.29, 0.717) is 0 Å². The number of anilines is 1. The SMILES string of the molecule is CCC1CCCN(CCCOc2cccc(N)c2)CC1. The quantitative estimate of drug-likeness (QED) is 0.638. The van der Waals surface area contributed by atoms with Crippen LogP contribution in [0.4, 0.5) is 5.69 Å². The maximum absolute atomic E-state index is 5.74. The molecular weight excluding hydrogens is 248 g/mol. The van der Waals surface area contributed by atoms with Crippen LogP contribution >= 0.6 is 0 Å². The molecule has 0 radical (unpaired) electrons. The van der Waals surface area contributed by atoms with Crippen LogP contribution in [0.1, 0.15) is 39.0 Å². The van der Waals surface area contributed by atoms with Crippen molar-refractivity contribution in [3.63, 3.8) is 0 Å². The molecule has 0 bridgehead atoms. The molecule has 1 aliphatic heterocycles. The maximum Gasteiger partial charge on any atom is 0.121 e. The van der Waals surface area contributed by atoms with Crippen LogP contribution in [0.15, 0.2) is 24.3 Å². The monoisotopic (exact) mass is 276 g/mol. The lowest BCUT2D eigenvalue weighted by atomic mass is 9.98. The van der Waals surface area contributed by atoms with E-state index in [1.807, 2.05) is 24.3 Å². The summed E-state index contributed by atoms with van der Waals surface area (Å²) < 4.78 is 5.74. The van der Waals surface area contributed by atoms with Crippen molar-refractivity contribution in [3.8, 4) is 5.75 Å². The third-order valence-corrected chi connectivity index (χ3v) is 4.26. The van der Waals surface area contributed by atoms with Gasteiger partial charge in [-0.05, 0) is 56.8 Å². The molecule has 1 atom stereocenters. The Hall–Kier alpha value is -1.22. The maximum atomic E-state index is 5.74. The molecule has 1 unspecified atom stereocenters. The lowest BCUT2D eigenvalue weighted by Gasteiger charge is -2.20. The number of likely N-dealkylation sites (tertiary alicyclic amines) is 1. The number of nitrogens with zero attached hydrogens (tertiary/aromatic N) is 1. The van der Waals surface area contributed by atoms with Gasteiger partial charge in [0.05, 0.1) is 6.61 Å². The number of nitrogen functional groups attached to an aromatic ring is 1. The Bertz CT molecular complexity index is 394. The minimum atomic E-state index is 0.764. The smallest absolute Gasteiger partial charge is 0.121 e. The van der Waals surface area contributed by atoms with Gasteiger partial charge in [0.2, 0.25) is 0 Å². The van der Waals surface area contributed by atoms with Crippen LogP contribution in [0.3, 0.4) is 0 Å². The van der Waals surface area contributed by atoms with Crippen LogP contribution in [0.2, 0.25) is 0 Å². The highest BCUT2D eigenvalue weighted by Crippen LogP contribution is 2.20. The minimum Gasteiger partial charge on any atom is -0.493 e. The van der Waals surface area contributed by atoms with Crippen LogP contribution < -0.4 is 10.5 Å². The zero-order valence-corrected chi connectivity index (χ0v) is 12.7. The molecule has 3 nitrogen and oxygen atoms in total. The van der Waals surface area contributed by atoms with E-state index < -0.39 is 0 Å². The number of hydrogen-bond acceptors (Lipinski definition) is 3. The second-order valence-electron chi connectivity index (χ2n) is 5.82. The highest BCUT2D eigenvalue weighted by atomic mass is 16.5. The summed E-state index contributed by atoms with van der Waals surface area (Å²) in [6.07, 6.45) is 6.56. The highest BCUT2D eigenvalue weighted by molar-refractivity contribution is 5.43. The molecule has 0 saturated carbocycles. The van der Waals surface area contributed by atoms with Crippen molar-refractivity contribution < 1.29 is 4.74 Å². The van der Waals surface area contributed by atoms with Crippen molar-refractivity contribution >= 4 is 5.69 Å². The van der Waals surface area contributed by atoms with Crippen LogP contribution in [-0.2, 0) is 0 Å². The predicted molar refractivity (Wildman–Crippen MR) is 85.0 cm³/mol. The Morgan fingerprint density at radius 2 is 2.20 bits per heavy atom. The molecule has 1 saturated heterocycles. The summed E-state index contributed by atoms with van der Waals surface area (Å²) in [6.45, 7) is 6.77. The van der Waals surface area contributed by atoms with E-state index in [2.05, 4.69) is 11.8 Å². The molecule has 0 aromatic heterocycles. The fourth-order valence-corrected chi connectivity index (χ4v) is 2.94. The summed E-state index contributed by atoms with van der Waals surface area (Å²) in [5, 5.41) is 0. The van der Waals surface area contributed by atoms with Crippen molar-refractivity contribution in [1.82, 2.24) is 4.90 Å². The largest absolute Gasteiger partial charge is 0.493 e. The second-order valence-corrected chi connectivity index (χ2v) is 5.82. The van der Waals surface area contributed by atoms with Crippen LogP contribution in [-0.4, -0.2) is 31.1 Å². The molecular formula is C17H28N2O. The molecule has 1 aromatic carbocycles. The molecule has 2 rings (SSSR count). The summed E-state index contributed by atoms with van der Waals surface area (Å²) in [6, 6.07) is 7.67. The third-order valence-electron chi connectivity index (χ3n) is 4.26. The van der Waals surface area contributed by atoms with E-state index in [0.717, 1.165) is 36.9 Å². The van der Waals surface area contributed by atoms with Crippen molar-refractivity contribution in [2.75, 3.05) is 32.0 Å². The fraction of sp³-hybridized carbons (Fsp3) is 0.647. The van der Waals surface area contributed by atoms with Gasteiger partial charge in [0, 0.05) is 18.3 Å². The van der Waals surface area contributed by atoms with Crippen LogP contribution in [0.5, 0.6) is 5.75 Å². The molecule has 112 valence electrons. The van der Waals surface area contributed by atoms with E-state index in [1.165, 1.54) is 38.8 Å². The fourth-order valence-electron chi connectivity index (χ4n) is 2.94. The second kappa shape index (κ2) is 8.15. The zero-order valence-electron chi connectivity index (χ0n) is 12.7. The number of hydrogen-bond donors (Lipinski definition) is 1.